The zero-order chi connectivity index (χ0) is 38.9. The van der Waals surface area contributed by atoms with Crippen LogP contribution in [-0.2, 0) is 20.9 Å². The number of likely N-dealkylation sites (tertiary alicyclic amines) is 1. The highest BCUT2D eigenvalue weighted by atomic mass is 16.5. The number of carbonyl (C=O) groups excluding carboxylic acids is 3. The first-order chi connectivity index (χ1) is 27.2. The Morgan fingerprint density at radius 3 is 2.11 bits per heavy atom. The second kappa shape index (κ2) is 15.9. The van der Waals surface area contributed by atoms with E-state index >= 15 is 0 Å². The van der Waals surface area contributed by atoms with Crippen LogP contribution in [-0.4, -0.2) is 60.0 Å². The molecule has 2 saturated carbocycles. The first kappa shape index (κ1) is 37.4. The molecule has 0 radical (unpaired) electrons. The lowest BCUT2D eigenvalue weighted by Gasteiger charge is -2.31. The minimum atomic E-state index is -0.647. The maximum atomic E-state index is 13.6. The first-order valence-corrected chi connectivity index (χ1v) is 20.2. The number of benzene rings is 3. The van der Waals surface area contributed by atoms with Gasteiger partial charge in [-0.25, -0.2) is 4.79 Å². The summed E-state index contributed by atoms with van der Waals surface area (Å²) in [7, 11) is 1.31. The molecule has 8 rings (SSSR count). The van der Waals surface area contributed by atoms with Gasteiger partial charge in [0.2, 0.25) is 11.8 Å². The number of ether oxygens (including phenoxy) is 1. The lowest BCUT2D eigenvalue weighted by Crippen LogP contribution is -2.53. The molecule has 2 aliphatic carbocycles. The van der Waals surface area contributed by atoms with Crippen LogP contribution >= 0.6 is 0 Å². The van der Waals surface area contributed by atoms with Gasteiger partial charge in [0.25, 0.3) is 0 Å². The number of hydrogen-bond acceptors (Lipinski definition) is 7. The van der Waals surface area contributed by atoms with E-state index < -0.39 is 12.1 Å². The third kappa shape index (κ3) is 7.53. The normalized spacial score (nSPS) is 24.4. The molecule has 3 amide bonds. The minimum absolute atomic E-state index is 0.0225. The number of nitrogen functional groups attached to an aromatic ring is 1. The molecule has 3 fully saturated rings. The predicted molar refractivity (Wildman–Crippen MR) is 221 cm³/mol. The third-order valence-electron chi connectivity index (χ3n) is 12.7. The molecule has 5 aliphatic rings. The van der Waals surface area contributed by atoms with Crippen molar-refractivity contribution in [3.63, 3.8) is 0 Å². The Hall–Kier alpha value is -5.51. The number of alkyl carbamates (subject to hydrolysis) is 1. The van der Waals surface area contributed by atoms with Crippen LogP contribution in [0.1, 0.15) is 75.5 Å². The van der Waals surface area contributed by atoms with Crippen LogP contribution in [0.25, 0.3) is 22.3 Å². The van der Waals surface area contributed by atoms with Gasteiger partial charge in [0.1, 0.15) is 6.04 Å². The fourth-order valence-electron chi connectivity index (χ4n) is 9.82. The van der Waals surface area contributed by atoms with Gasteiger partial charge in [-0.2, -0.15) is 0 Å². The van der Waals surface area contributed by atoms with Crippen LogP contribution < -0.4 is 16.4 Å². The minimum Gasteiger partial charge on any atom is -0.453 e. The molecule has 0 aromatic heterocycles. The van der Waals surface area contributed by atoms with Gasteiger partial charge in [0, 0.05) is 67.3 Å². The number of carbonyl (C=O) groups is 3. The van der Waals surface area contributed by atoms with Crippen LogP contribution in [0.4, 0.5) is 10.5 Å². The Kier molecular flexibility index (Phi) is 10.6. The van der Waals surface area contributed by atoms with Crippen LogP contribution in [0, 0.1) is 29.6 Å². The van der Waals surface area contributed by atoms with Crippen molar-refractivity contribution < 1.29 is 19.1 Å². The van der Waals surface area contributed by atoms with Gasteiger partial charge in [0.15, 0.2) is 0 Å². The Labute approximate surface area is 329 Å². The topological polar surface area (TPSA) is 138 Å². The number of nitrogens with one attached hydrogen (secondary N) is 2. The quantitative estimate of drug-likeness (QED) is 0.173. The number of amides is 3. The molecule has 3 aromatic rings. The van der Waals surface area contributed by atoms with E-state index in [9.17, 15) is 14.4 Å². The number of rotatable bonds is 11. The fraction of sp³-hybridized carbons (Fsp3) is 0.413. The first-order valence-electron chi connectivity index (χ1n) is 20.2. The van der Waals surface area contributed by atoms with Gasteiger partial charge in [0.05, 0.1) is 13.2 Å². The number of allylic oxidation sites excluding steroid dienone is 2. The standard InChI is InChI=1S/C46H52N6O4/c1-27(2)43(51-46(55)56-3)45(54)52-19-5-8-40(52)38-22-35(25-48-38)31-13-9-29(10-14-31)30-11-15-32(16-12-30)36-23-39(49-26-36)41-33-17-18-34(21-33)42(41)44(53)50-24-28-6-4-7-37(47)20-28/h4,6-7,9-16,20,25-27,33-34,40-43H,5,8,17-19,21-24,47H2,1-3H3,(H,50,53)(H,51,55)/t33?,34?,40-,41+,42-,43-/m0/s1. The molecule has 0 spiro atoms. The molecule has 3 aliphatic heterocycles. The molecule has 6 atom stereocenters. The van der Waals surface area contributed by atoms with Crippen molar-refractivity contribution in [1.29, 1.82) is 0 Å². The SMILES string of the molecule is COC(=O)N[C@H](C(=O)N1CCC[C@H]1C1=NC=C(c2ccc(-c3ccc(C4=CN=C([C@H]5C6CCC(C6)[C@@H]5C(=O)NCc5cccc(N)c5)C4)cc3)cc2)C1)C(C)C. The van der Waals surface area contributed by atoms with Crippen molar-refractivity contribution >= 4 is 46.2 Å². The molecule has 2 bridgehead atoms. The summed E-state index contributed by atoms with van der Waals surface area (Å²) in [6.07, 6.45) is 10.0. The third-order valence-corrected chi connectivity index (χ3v) is 12.7. The molecular weight excluding hydrogens is 701 g/mol. The van der Waals surface area contributed by atoms with E-state index in [1.165, 1.54) is 19.1 Å². The average Bonchev–Trinajstić information content (AvgIpc) is 4.07. The summed E-state index contributed by atoms with van der Waals surface area (Å²) in [5, 5.41) is 5.95. The molecule has 4 N–H and O–H groups in total. The van der Waals surface area contributed by atoms with Crippen LogP contribution in [0.5, 0.6) is 0 Å². The molecular formula is C46H52N6O4. The Morgan fingerprint density at radius 1 is 0.839 bits per heavy atom. The molecule has 2 unspecified atom stereocenters. The Morgan fingerprint density at radius 2 is 1.46 bits per heavy atom. The van der Waals surface area contributed by atoms with Crippen molar-refractivity contribution in [2.75, 3.05) is 19.4 Å². The van der Waals surface area contributed by atoms with Crippen molar-refractivity contribution in [2.45, 2.75) is 77.4 Å². The summed E-state index contributed by atoms with van der Waals surface area (Å²) in [4.78, 5) is 50.8. The smallest absolute Gasteiger partial charge is 0.407 e. The number of anilines is 1. The maximum Gasteiger partial charge on any atom is 0.407 e. The van der Waals surface area contributed by atoms with E-state index in [1.807, 2.05) is 55.4 Å². The molecule has 56 heavy (non-hydrogen) atoms. The lowest BCUT2D eigenvalue weighted by molar-refractivity contribution is -0.134. The second-order valence-electron chi connectivity index (χ2n) is 16.5. The van der Waals surface area contributed by atoms with Gasteiger partial charge in [-0.15, -0.1) is 0 Å². The van der Waals surface area contributed by atoms with E-state index in [4.69, 9.17) is 20.5 Å². The highest BCUT2D eigenvalue weighted by Crippen LogP contribution is 2.54. The molecule has 3 aromatic carbocycles. The summed E-state index contributed by atoms with van der Waals surface area (Å²) in [6, 6.07) is 24.3. The fourth-order valence-corrected chi connectivity index (χ4v) is 9.82. The lowest BCUT2D eigenvalue weighted by atomic mass is 9.75. The van der Waals surface area contributed by atoms with Crippen molar-refractivity contribution in [3.05, 3.63) is 102 Å². The number of aliphatic imine (C=N–C) groups is 2. The van der Waals surface area contributed by atoms with Crippen molar-refractivity contribution in [2.24, 2.45) is 39.6 Å². The number of fused-ring (bicyclic) bond motifs is 2. The largest absolute Gasteiger partial charge is 0.453 e. The summed E-state index contributed by atoms with van der Waals surface area (Å²) in [5.74, 6) is 1.12. The predicted octanol–water partition coefficient (Wildman–Crippen LogP) is 7.66. The molecule has 3 heterocycles. The Balaban J connectivity index is 0.862. The zero-order valence-electron chi connectivity index (χ0n) is 32.5. The van der Waals surface area contributed by atoms with Gasteiger partial charge in [-0.1, -0.05) is 74.5 Å². The second-order valence-corrected chi connectivity index (χ2v) is 16.5. The van der Waals surface area contributed by atoms with Gasteiger partial charge < -0.3 is 26.0 Å². The molecule has 10 nitrogen and oxygen atoms in total. The van der Waals surface area contributed by atoms with Crippen molar-refractivity contribution in [1.82, 2.24) is 15.5 Å². The monoisotopic (exact) mass is 752 g/mol. The summed E-state index contributed by atoms with van der Waals surface area (Å²) < 4.78 is 4.78. The highest BCUT2D eigenvalue weighted by molar-refractivity contribution is 6.04. The van der Waals surface area contributed by atoms with Crippen LogP contribution in [0.2, 0.25) is 0 Å². The molecule has 290 valence electrons. The molecule has 1 saturated heterocycles. The number of hydrogen-bond donors (Lipinski definition) is 3. The number of methoxy groups -OCH3 is 1. The van der Waals surface area contributed by atoms with Gasteiger partial charge >= 0.3 is 6.09 Å². The van der Waals surface area contributed by atoms with E-state index in [-0.39, 0.29) is 35.6 Å². The van der Waals surface area contributed by atoms with Crippen molar-refractivity contribution in [3.8, 4) is 11.1 Å². The molecule has 10 heteroatoms. The summed E-state index contributed by atoms with van der Waals surface area (Å²) >= 11 is 0. The Bertz CT molecular complexity index is 2120. The van der Waals surface area contributed by atoms with E-state index in [0.717, 1.165) is 76.9 Å². The average molecular weight is 753 g/mol. The van der Waals surface area contributed by atoms with Gasteiger partial charge in [-0.05, 0) is 101 Å². The maximum absolute atomic E-state index is 13.6. The van der Waals surface area contributed by atoms with E-state index in [0.29, 0.717) is 37.0 Å². The number of nitrogens with zero attached hydrogens (tertiary/aromatic N) is 3. The van der Waals surface area contributed by atoms with Gasteiger partial charge in [-0.3, -0.25) is 19.6 Å². The van der Waals surface area contributed by atoms with Crippen LogP contribution in [0.15, 0.2) is 95.2 Å². The van der Waals surface area contributed by atoms with E-state index in [2.05, 4.69) is 59.2 Å². The van der Waals surface area contributed by atoms with Crippen LogP contribution in [0.3, 0.4) is 0 Å². The number of nitrogens with two attached hydrogens (primary N) is 1. The summed E-state index contributed by atoms with van der Waals surface area (Å²) in [5.41, 5.74) is 16.7. The highest BCUT2D eigenvalue weighted by Gasteiger charge is 2.52. The summed E-state index contributed by atoms with van der Waals surface area (Å²) in [6.45, 7) is 4.99. The zero-order valence-corrected chi connectivity index (χ0v) is 32.5. The van der Waals surface area contributed by atoms with E-state index in [1.54, 1.807) is 0 Å².